The van der Waals surface area contributed by atoms with Gasteiger partial charge in [-0.25, -0.2) is 10.1 Å². The van der Waals surface area contributed by atoms with Crippen molar-refractivity contribution in [3.63, 3.8) is 0 Å². The summed E-state index contributed by atoms with van der Waals surface area (Å²) in [6.07, 6.45) is 8.69. The molecule has 1 aliphatic carbocycles. The smallest absolute Gasteiger partial charge is 0.267 e. The van der Waals surface area contributed by atoms with Crippen LogP contribution in [0.5, 0.6) is 0 Å². The van der Waals surface area contributed by atoms with Gasteiger partial charge in [-0.15, -0.1) is 0 Å². The number of aryl methyl sites for hydroxylation is 2. The minimum Gasteiger partial charge on any atom is -0.267 e. The van der Waals surface area contributed by atoms with E-state index in [1.54, 1.807) is 17.5 Å². The van der Waals surface area contributed by atoms with Gasteiger partial charge in [0.25, 0.3) is 5.91 Å². The highest BCUT2D eigenvalue weighted by molar-refractivity contribution is 7.12. The summed E-state index contributed by atoms with van der Waals surface area (Å²) in [4.78, 5) is 19.9. The van der Waals surface area contributed by atoms with Crippen LogP contribution in [0.3, 0.4) is 0 Å². The predicted molar refractivity (Wildman–Crippen MR) is 114 cm³/mol. The molecule has 0 saturated heterocycles. The van der Waals surface area contributed by atoms with Crippen LogP contribution in [0.2, 0.25) is 0 Å². The molecule has 1 fully saturated rings. The number of hydrogen-bond acceptors (Lipinski definition) is 5. The van der Waals surface area contributed by atoms with Gasteiger partial charge in [-0.3, -0.25) is 9.79 Å². The van der Waals surface area contributed by atoms with Gasteiger partial charge in [0.05, 0.1) is 17.9 Å². The third-order valence-corrected chi connectivity index (χ3v) is 6.32. The fourth-order valence-electron chi connectivity index (χ4n) is 3.57. The van der Waals surface area contributed by atoms with Crippen molar-refractivity contribution < 1.29 is 4.79 Å². The van der Waals surface area contributed by atoms with E-state index in [4.69, 9.17) is 4.99 Å². The van der Waals surface area contributed by atoms with Crippen molar-refractivity contribution in [3.8, 4) is 10.6 Å². The summed E-state index contributed by atoms with van der Waals surface area (Å²) in [7, 11) is 1.94. The molecule has 2 heterocycles. The molecule has 4 rings (SSSR count). The Labute approximate surface area is 174 Å². The molecule has 1 amide bonds. The number of nitrogens with zero attached hydrogens (tertiary/aromatic N) is 5. The topological polar surface area (TPSA) is 77.1 Å². The van der Waals surface area contributed by atoms with Gasteiger partial charge < -0.3 is 0 Å². The molecule has 0 unspecified atom stereocenters. The van der Waals surface area contributed by atoms with E-state index in [1.807, 2.05) is 49.0 Å². The summed E-state index contributed by atoms with van der Waals surface area (Å²) in [6.45, 7) is 2.03. The number of hydrogen-bond donors (Lipinski definition) is 1. The van der Waals surface area contributed by atoms with Crippen LogP contribution in [0, 0.1) is 0 Å². The highest BCUT2D eigenvalue weighted by Gasteiger charge is 2.14. The molecule has 0 aliphatic heterocycles. The molecule has 29 heavy (non-hydrogen) atoms. The van der Waals surface area contributed by atoms with Crippen LogP contribution in [0.4, 0.5) is 0 Å². The van der Waals surface area contributed by atoms with Gasteiger partial charge in [0.1, 0.15) is 5.01 Å². The molecule has 152 valence electrons. The fourth-order valence-corrected chi connectivity index (χ4v) is 4.53. The Hall–Kier alpha value is -2.74. The average molecular weight is 411 g/mol. The third kappa shape index (κ3) is 4.48. The van der Waals surface area contributed by atoms with Gasteiger partial charge in [0.2, 0.25) is 4.80 Å². The number of nitrogens with one attached hydrogen (secondary N) is 1. The van der Waals surface area contributed by atoms with Crippen molar-refractivity contribution in [2.75, 3.05) is 5.43 Å². The maximum absolute atomic E-state index is 12.5. The number of rotatable bonds is 5. The second kappa shape index (κ2) is 8.73. The lowest BCUT2D eigenvalue weighted by molar-refractivity contribution is 0.100. The molecule has 0 spiro atoms. The number of carbonyl (C=O) groups excluding carboxylic acids is 1. The predicted octanol–water partition coefficient (Wildman–Crippen LogP) is 3.52. The molecular formula is C21H26N6OS. The van der Waals surface area contributed by atoms with Crippen molar-refractivity contribution in [1.82, 2.24) is 19.7 Å². The van der Waals surface area contributed by atoms with E-state index in [0.29, 0.717) is 11.6 Å². The van der Waals surface area contributed by atoms with Crippen LogP contribution in [0.1, 0.15) is 55.1 Å². The Kier molecular flexibility index (Phi) is 5.89. The van der Waals surface area contributed by atoms with Gasteiger partial charge in [-0.1, -0.05) is 49.7 Å². The van der Waals surface area contributed by atoms with Gasteiger partial charge in [-0.05, 0) is 37.5 Å². The van der Waals surface area contributed by atoms with Crippen LogP contribution >= 0.6 is 11.3 Å². The first-order chi connectivity index (χ1) is 14.1. The van der Waals surface area contributed by atoms with Gasteiger partial charge in [0.15, 0.2) is 0 Å². The highest BCUT2D eigenvalue weighted by Crippen LogP contribution is 2.22. The van der Waals surface area contributed by atoms with Crippen molar-refractivity contribution in [2.45, 2.75) is 51.5 Å². The zero-order valence-corrected chi connectivity index (χ0v) is 17.7. The zero-order valence-electron chi connectivity index (χ0n) is 16.8. The second-order valence-electron chi connectivity index (χ2n) is 7.34. The summed E-state index contributed by atoms with van der Waals surface area (Å²) in [5.74, 6) is -0.187. The lowest BCUT2D eigenvalue weighted by Gasteiger charge is -2.16. The summed E-state index contributed by atoms with van der Waals surface area (Å²) in [5.41, 5.74) is 5.34. The monoisotopic (exact) mass is 410 g/mol. The lowest BCUT2D eigenvalue weighted by Crippen LogP contribution is -2.25. The van der Waals surface area contributed by atoms with Crippen molar-refractivity contribution in [1.29, 1.82) is 0 Å². The van der Waals surface area contributed by atoms with Crippen LogP contribution in [-0.4, -0.2) is 31.6 Å². The summed E-state index contributed by atoms with van der Waals surface area (Å²) < 4.78 is 1.86. The van der Waals surface area contributed by atoms with Gasteiger partial charge in [-0.2, -0.15) is 15.0 Å². The first kappa shape index (κ1) is 19.6. The van der Waals surface area contributed by atoms with Crippen molar-refractivity contribution in [3.05, 3.63) is 52.6 Å². The zero-order chi connectivity index (χ0) is 20.2. The van der Waals surface area contributed by atoms with Crippen LogP contribution in [0.25, 0.3) is 10.6 Å². The highest BCUT2D eigenvalue weighted by atomic mass is 32.1. The molecule has 1 aromatic carbocycles. The number of benzene rings is 1. The molecule has 1 saturated carbocycles. The largest absolute Gasteiger partial charge is 0.271 e. The van der Waals surface area contributed by atoms with Crippen molar-refractivity contribution >= 4 is 17.2 Å². The molecular weight excluding hydrogens is 384 g/mol. The van der Waals surface area contributed by atoms with Crippen LogP contribution in [-0.2, 0) is 13.5 Å². The van der Waals surface area contributed by atoms with Crippen molar-refractivity contribution in [2.24, 2.45) is 12.0 Å². The summed E-state index contributed by atoms with van der Waals surface area (Å²) in [5, 5.41) is 9.68. The normalized spacial score (nSPS) is 15.6. The van der Waals surface area contributed by atoms with E-state index >= 15 is 0 Å². The van der Waals surface area contributed by atoms with Crippen LogP contribution in [0.15, 0.2) is 41.5 Å². The molecule has 0 atom stereocenters. The standard InChI is InChI=1S/C21H26N6OS/c1-3-18-13-14-22-27(18)24-19(28)15-9-11-16(12-10-15)20-25-26(2)21(29-20)23-17-7-5-4-6-8-17/h9-14,17H,3-8H2,1-2H3,(H,24,28). The molecule has 2 aromatic heterocycles. The van der Waals surface area contributed by atoms with Crippen LogP contribution < -0.4 is 10.2 Å². The summed E-state index contributed by atoms with van der Waals surface area (Å²) in [6, 6.07) is 9.81. The third-order valence-electron chi connectivity index (χ3n) is 5.26. The molecule has 7 nitrogen and oxygen atoms in total. The minimum absolute atomic E-state index is 0.187. The van der Waals surface area contributed by atoms with Gasteiger partial charge >= 0.3 is 0 Å². The molecule has 0 radical (unpaired) electrons. The number of carbonyl (C=O) groups is 1. The van der Waals surface area contributed by atoms with E-state index < -0.39 is 0 Å². The van der Waals surface area contributed by atoms with E-state index in [0.717, 1.165) is 27.5 Å². The Morgan fingerprint density at radius 2 is 1.97 bits per heavy atom. The number of amides is 1. The maximum Gasteiger partial charge on any atom is 0.271 e. The van der Waals surface area contributed by atoms with Gasteiger partial charge in [0, 0.05) is 18.2 Å². The SMILES string of the molecule is CCc1ccnn1NC(=O)c1ccc(-c2nn(C)c(=NC3CCCCC3)s2)cc1. The average Bonchev–Trinajstić information content (AvgIpc) is 3.35. The Morgan fingerprint density at radius 3 is 2.69 bits per heavy atom. The summed E-state index contributed by atoms with van der Waals surface area (Å²) >= 11 is 1.60. The molecule has 1 N–H and O–H groups in total. The molecule has 0 bridgehead atoms. The molecule has 3 aromatic rings. The number of aromatic nitrogens is 4. The van der Waals surface area contributed by atoms with E-state index in [1.165, 1.54) is 36.9 Å². The van der Waals surface area contributed by atoms with E-state index in [9.17, 15) is 4.79 Å². The quantitative estimate of drug-likeness (QED) is 0.699. The Morgan fingerprint density at radius 1 is 1.21 bits per heavy atom. The lowest BCUT2D eigenvalue weighted by atomic mass is 9.96. The Balaban J connectivity index is 1.50. The minimum atomic E-state index is -0.187. The van der Waals surface area contributed by atoms with E-state index in [2.05, 4.69) is 15.6 Å². The first-order valence-corrected chi connectivity index (χ1v) is 11.0. The maximum atomic E-state index is 12.5. The Bertz CT molecular complexity index is 1040. The molecule has 1 aliphatic rings. The molecule has 8 heteroatoms. The second-order valence-corrected chi connectivity index (χ2v) is 8.30. The fraction of sp³-hybridized carbons (Fsp3) is 0.429. The first-order valence-electron chi connectivity index (χ1n) is 10.2. The van der Waals surface area contributed by atoms with E-state index in [-0.39, 0.29) is 5.91 Å².